The van der Waals surface area contributed by atoms with Gasteiger partial charge in [0.05, 0.1) is 0 Å². The highest BCUT2D eigenvalue weighted by Gasteiger charge is 2.24. The van der Waals surface area contributed by atoms with Crippen LogP contribution in [0.3, 0.4) is 0 Å². The standard InChI is InChI=1S/C14H22N2/c1-3-8-16(10-12-4-5-12)14-7-6-13(15)9-11(14)2/h6-7,9,12H,3-5,8,10,15H2,1-2H3. The molecule has 2 N–H and O–H groups in total. The molecule has 1 saturated carbocycles. The molecule has 2 nitrogen and oxygen atoms in total. The molecule has 16 heavy (non-hydrogen) atoms. The second-order valence-electron chi connectivity index (χ2n) is 4.94. The Morgan fingerprint density at radius 2 is 2.12 bits per heavy atom. The zero-order valence-electron chi connectivity index (χ0n) is 10.4. The van der Waals surface area contributed by atoms with E-state index >= 15 is 0 Å². The van der Waals surface area contributed by atoms with Gasteiger partial charge in [0, 0.05) is 24.5 Å². The Labute approximate surface area is 98.4 Å². The Balaban J connectivity index is 2.15. The highest BCUT2D eigenvalue weighted by atomic mass is 15.1. The third-order valence-corrected chi connectivity index (χ3v) is 3.23. The molecule has 1 aromatic rings. The van der Waals surface area contributed by atoms with E-state index < -0.39 is 0 Å². The second kappa shape index (κ2) is 4.77. The predicted molar refractivity (Wildman–Crippen MR) is 70.8 cm³/mol. The SMILES string of the molecule is CCCN(CC1CC1)c1ccc(N)cc1C. The summed E-state index contributed by atoms with van der Waals surface area (Å²) in [6, 6.07) is 6.26. The first kappa shape index (κ1) is 11.3. The van der Waals surface area contributed by atoms with E-state index in [1.807, 2.05) is 6.07 Å². The fourth-order valence-electron chi connectivity index (χ4n) is 2.23. The van der Waals surface area contributed by atoms with Gasteiger partial charge in [0.2, 0.25) is 0 Å². The highest BCUT2D eigenvalue weighted by molar-refractivity contribution is 5.59. The van der Waals surface area contributed by atoms with Gasteiger partial charge in [-0.05, 0) is 55.9 Å². The summed E-state index contributed by atoms with van der Waals surface area (Å²) in [6.45, 7) is 6.77. The Kier molecular flexibility index (Phi) is 3.37. The van der Waals surface area contributed by atoms with Crippen molar-refractivity contribution in [3.63, 3.8) is 0 Å². The van der Waals surface area contributed by atoms with Crippen LogP contribution in [0.1, 0.15) is 31.7 Å². The molecule has 0 atom stereocenters. The summed E-state index contributed by atoms with van der Waals surface area (Å²) >= 11 is 0. The van der Waals surface area contributed by atoms with E-state index in [9.17, 15) is 0 Å². The van der Waals surface area contributed by atoms with Crippen molar-refractivity contribution in [2.45, 2.75) is 33.1 Å². The summed E-state index contributed by atoms with van der Waals surface area (Å²) in [6.07, 6.45) is 4.03. The largest absolute Gasteiger partial charge is 0.399 e. The molecular formula is C14H22N2. The fraction of sp³-hybridized carbons (Fsp3) is 0.571. The van der Waals surface area contributed by atoms with Crippen molar-refractivity contribution in [1.82, 2.24) is 0 Å². The highest BCUT2D eigenvalue weighted by Crippen LogP contribution is 2.32. The molecule has 1 fully saturated rings. The molecule has 1 aliphatic rings. The molecule has 1 aromatic carbocycles. The van der Waals surface area contributed by atoms with Gasteiger partial charge < -0.3 is 10.6 Å². The number of anilines is 2. The van der Waals surface area contributed by atoms with E-state index in [1.54, 1.807) is 0 Å². The van der Waals surface area contributed by atoms with E-state index in [-0.39, 0.29) is 0 Å². The van der Waals surface area contributed by atoms with E-state index in [2.05, 4.69) is 30.9 Å². The maximum atomic E-state index is 5.80. The summed E-state index contributed by atoms with van der Waals surface area (Å²) in [4.78, 5) is 2.52. The summed E-state index contributed by atoms with van der Waals surface area (Å²) in [5.74, 6) is 0.934. The molecule has 0 amide bonds. The Morgan fingerprint density at radius 1 is 1.38 bits per heavy atom. The maximum Gasteiger partial charge on any atom is 0.0397 e. The Morgan fingerprint density at radius 3 is 2.69 bits per heavy atom. The predicted octanol–water partition coefficient (Wildman–Crippen LogP) is 3.20. The van der Waals surface area contributed by atoms with Gasteiger partial charge in [-0.2, -0.15) is 0 Å². The lowest BCUT2D eigenvalue weighted by Gasteiger charge is -2.26. The number of nitrogen functional groups attached to an aromatic ring is 1. The van der Waals surface area contributed by atoms with Crippen LogP contribution in [-0.2, 0) is 0 Å². The van der Waals surface area contributed by atoms with Crippen molar-refractivity contribution in [2.75, 3.05) is 23.7 Å². The zero-order chi connectivity index (χ0) is 11.5. The molecule has 0 saturated heterocycles. The molecule has 1 aliphatic carbocycles. The number of aryl methyl sites for hydroxylation is 1. The van der Waals surface area contributed by atoms with E-state index in [0.29, 0.717) is 0 Å². The molecular weight excluding hydrogens is 196 g/mol. The van der Waals surface area contributed by atoms with Crippen LogP contribution in [0.4, 0.5) is 11.4 Å². The van der Waals surface area contributed by atoms with Gasteiger partial charge in [0.25, 0.3) is 0 Å². The van der Waals surface area contributed by atoms with Crippen LogP contribution in [0, 0.1) is 12.8 Å². The lowest BCUT2D eigenvalue weighted by Crippen LogP contribution is -2.27. The van der Waals surface area contributed by atoms with Gasteiger partial charge in [-0.15, -0.1) is 0 Å². The summed E-state index contributed by atoms with van der Waals surface area (Å²) in [5.41, 5.74) is 9.33. The molecule has 0 radical (unpaired) electrons. The Bertz CT molecular complexity index is 356. The lowest BCUT2D eigenvalue weighted by atomic mass is 10.1. The van der Waals surface area contributed by atoms with Crippen LogP contribution in [0.5, 0.6) is 0 Å². The van der Waals surface area contributed by atoms with Crippen molar-refractivity contribution in [1.29, 1.82) is 0 Å². The minimum atomic E-state index is 0.865. The smallest absolute Gasteiger partial charge is 0.0397 e. The molecule has 0 unspecified atom stereocenters. The molecule has 2 heteroatoms. The monoisotopic (exact) mass is 218 g/mol. The minimum Gasteiger partial charge on any atom is -0.399 e. The molecule has 0 aliphatic heterocycles. The van der Waals surface area contributed by atoms with Crippen LogP contribution < -0.4 is 10.6 Å². The van der Waals surface area contributed by atoms with E-state index in [4.69, 9.17) is 5.73 Å². The van der Waals surface area contributed by atoms with Crippen molar-refractivity contribution in [3.05, 3.63) is 23.8 Å². The van der Waals surface area contributed by atoms with Crippen molar-refractivity contribution in [2.24, 2.45) is 5.92 Å². The van der Waals surface area contributed by atoms with Gasteiger partial charge in [-0.1, -0.05) is 6.92 Å². The third kappa shape index (κ3) is 2.69. The number of hydrogen-bond donors (Lipinski definition) is 1. The second-order valence-corrected chi connectivity index (χ2v) is 4.94. The van der Waals surface area contributed by atoms with Crippen molar-refractivity contribution < 1.29 is 0 Å². The third-order valence-electron chi connectivity index (χ3n) is 3.23. The van der Waals surface area contributed by atoms with Crippen molar-refractivity contribution in [3.8, 4) is 0 Å². The average Bonchev–Trinajstić information content (AvgIpc) is 3.01. The first-order valence-corrected chi connectivity index (χ1v) is 6.31. The minimum absolute atomic E-state index is 0.865. The molecule has 0 spiro atoms. The van der Waals surface area contributed by atoms with Gasteiger partial charge in [0.1, 0.15) is 0 Å². The van der Waals surface area contributed by atoms with Gasteiger partial charge in [0.15, 0.2) is 0 Å². The van der Waals surface area contributed by atoms with Crippen LogP contribution in [-0.4, -0.2) is 13.1 Å². The molecule has 0 heterocycles. The van der Waals surface area contributed by atoms with Crippen LogP contribution in [0.15, 0.2) is 18.2 Å². The van der Waals surface area contributed by atoms with Gasteiger partial charge >= 0.3 is 0 Å². The van der Waals surface area contributed by atoms with E-state index in [0.717, 1.165) is 18.2 Å². The molecule has 2 rings (SSSR count). The topological polar surface area (TPSA) is 29.3 Å². The van der Waals surface area contributed by atoms with Crippen LogP contribution >= 0.6 is 0 Å². The molecule has 88 valence electrons. The zero-order valence-corrected chi connectivity index (χ0v) is 10.4. The number of rotatable bonds is 5. The normalized spacial score (nSPS) is 15.1. The van der Waals surface area contributed by atoms with Crippen LogP contribution in [0.2, 0.25) is 0 Å². The van der Waals surface area contributed by atoms with Crippen LogP contribution in [0.25, 0.3) is 0 Å². The molecule has 0 bridgehead atoms. The summed E-state index contributed by atoms with van der Waals surface area (Å²) < 4.78 is 0. The van der Waals surface area contributed by atoms with E-state index in [1.165, 1.54) is 37.1 Å². The summed E-state index contributed by atoms with van der Waals surface area (Å²) in [7, 11) is 0. The van der Waals surface area contributed by atoms with Crippen molar-refractivity contribution >= 4 is 11.4 Å². The molecule has 0 aromatic heterocycles. The lowest BCUT2D eigenvalue weighted by molar-refractivity contribution is 0.706. The fourth-order valence-corrected chi connectivity index (χ4v) is 2.23. The number of hydrogen-bond acceptors (Lipinski definition) is 2. The maximum absolute atomic E-state index is 5.80. The summed E-state index contributed by atoms with van der Waals surface area (Å²) in [5, 5.41) is 0. The number of nitrogens with zero attached hydrogens (tertiary/aromatic N) is 1. The Hall–Kier alpha value is -1.18. The quantitative estimate of drug-likeness (QED) is 0.769. The number of nitrogens with two attached hydrogens (primary N) is 1. The first-order valence-electron chi connectivity index (χ1n) is 6.31. The van der Waals surface area contributed by atoms with Gasteiger partial charge in [-0.25, -0.2) is 0 Å². The average molecular weight is 218 g/mol. The first-order chi connectivity index (χ1) is 7.70. The number of benzene rings is 1. The van der Waals surface area contributed by atoms with Gasteiger partial charge in [-0.3, -0.25) is 0 Å².